The third-order valence-corrected chi connectivity index (χ3v) is 4.30. The number of thiocarbonyl (C=S) groups is 1. The maximum atomic E-state index is 5.88. The number of benzene rings is 1. The predicted octanol–water partition coefficient (Wildman–Crippen LogP) is 4.21. The Morgan fingerprint density at radius 2 is 2.04 bits per heavy atom. The fourth-order valence-electron chi connectivity index (χ4n) is 1.73. The molecule has 2 aromatic rings. The Balaban J connectivity index is 1.82. The largest absolute Gasteiger partial charge is 0.385 e. The van der Waals surface area contributed by atoms with E-state index in [1.54, 1.807) is 25.1 Å². The van der Waals surface area contributed by atoms with Crippen molar-refractivity contribution in [3.63, 3.8) is 0 Å². The summed E-state index contributed by atoms with van der Waals surface area (Å²) in [5.41, 5.74) is 0.856. The SMILES string of the molecule is COCCCNC(=S)Nc1ccc(Sc2ccc(Cl)cc2)nc1. The molecular formula is C16H18ClN3OS2. The van der Waals surface area contributed by atoms with Crippen molar-refractivity contribution in [1.29, 1.82) is 0 Å². The number of hydrogen-bond donors (Lipinski definition) is 2. The first-order valence-electron chi connectivity index (χ1n) is 7.10. The number of rotatable bonds is 7. The van der Waals surface area contributed by atoms with Gasteiger partial charge in [-0.3, -0.25) is 0 Å². The molecule has 7 heteroatoms. The minimum atomic E-state index is 0.584. The van der Waals surface area contributed by atoms with Crippen LogP contribution in [0.2, 0.25) is 5.02 Å². The molecule has 0 bridgehead atoms. The molecule has 1 aromatic heterocycles. The van der Waals surface area contributed by atoms with Crippen molar-refractivity contribution in [3.05, 3.63) is 47.6 Å². The van der Waals surface area contributed by atoms with E-state index in [2.05, 4.69) is 15.6 Å². The first-order valence-corrected chi connectivity index (χ1v) is 8.71. The molecule has 1 aromatic carbocycles. The zero-order chi connectivity index (χ0) is 16.5. The van der Waals surface area contributed by atoms with E-state index in [0.717, 1.165) is 33.6 Å². The van der Waals surface area contributed by atoms with Crippen molar-refractivity contribution in [2.75, 3.05) is 25.6 Å². The molecule has 0 unspecified atom stereocenters. The highest BCUT2D eigenvalue weighted by atomic mass is 35.5. The third kappa shape index (κ3) is 6.74. The molecule has 2 rings (SSSR count). The molecule has 23 heavy (non-hydrogen) atoms. The van der Waals surface area contributed by atoms with Crippen molar-refractivity contribution < 1.29 is 4.74 Å². The summed E-state index contributed by atoms with van der Waals surface area (Å²) in [6.45, 7) is 1.49. The number of halogens is 1. The molecule has 0 saturated carbocycles. The van der Waals surface area contributed by atoms with Gasteiger partial charge in [0.15, 0.2) is 5.11 Å². The summed E-state index contributed by atoms with van der Waals surface area (Å²) in [4.78, 5) is 5.51. The van der Waals surface area contributed by atoms with E-state index in [1.807, 2.05) is 36.4 Å². The van der Waals surface area contributed by atoms with Crippen molar-refractivity contribution in [1.82, 2.24) is 10.3 Å². The fraction of sp³-hybridized carbons (Fsp3) is 0.250. The summed E-state index contributed by atoms with van der Waals surface area (Å²) in [6, 6.07) is 11.6. The molecule has 2 N–H and O–H groups in total. The molecule has 0 fully saturated rings. The number of aromatic nitrogens is 1. The Bertz CT molecular complexity index is 620. The predicted molar refractivity (Wildman–Crippen MR) is 101 cm³/mol. The van der Waals surface area contributed by atoms with Gasteiger partial charge in [-0.15, -0.1) is 0 Å². The first-order chi connectivity index (χ1) is 11.2. The fourth-order valence-corrected chi connectivity index (χ4v) is 2.83. The van der Waals surface area contributed by atoms with Crippen molar-refractivity contribution >= 4 is 46.4 Å². The van der Waals surface area contributed by atoms with Crippen molar-refractivity contribution in [3.8, 4) is 0 Å². The average Bonchev–Trinajstić information content (AvgIpc) is 2.56. The third-order valence-electron chi connectivity index (χ3n) is 2.84. The molecule has 4 nitrogen and oxygen atoms in total. The molecule has 0 aliphatic heterocycles. The number of anilines is 1. The number of pyridine rings is 1. The molecule has 0 radical (unpaired) electrons. The van der Waals surface area contributed by atoms with Gasteiger partial charge in [-0.05, 0) is 55.0 Å². The van der Waals surface area contributed by atoms with Gasteiger partial charge < -0.3 is 15.4 Å². The molecule has 0 aliphatic carbocycles. The van der Waals surface area contributed by atoms with Crippen LogP contribution in [0, 0.1) is 0 Å². The van der Waals surface area contributed by atoms with Crippen LogP contribution in [0.5, 0.6) is 0 Å². The Kier molecular flexibility index (Phi) is 7.61. The molecule has 0 spiro atoms. The number of methoxy groups -OCH3 is 1. The molecule has 1 heterocycles. The topological polar surface area (TPSA) is 46.2 Å². The van der Waals surface area contributed by atoms with Crippen LogP contribution >= 0.6 is 35.6 Å². The smallest absolute Gasteiger partial charge is 0.170 e. The molecule has 0 amide bonds. The van der Waals surface area contributed by atoms with Crippen LogP contribution in [0.25, 0.3) is 0 Å². The lowest BCUT2D eigenvalue weighted by Crippen LogP contribution is -2.29. The van der Waals surface area contributed by atoms with Gasteiger partial charge >= 0.3 is 0 Å². The van der Waals surface area contributed by atoms with Gasteiger partial charge in [-0.25, -0.2) is 4.98 Å². The number of nitrogens with one attached hydrogen (secondary N) is 2. The van der Waals surface area contributed by atoms with Crippen molar-refractivity contribution in [2.24, 2.45) is 0 Å². The highest BCUT2D eigenvalue weighted by molar-refractivity contribution is 7.99. The summed E-state index contributed by atoms with van der Waals surface area (Å²) in [5.74, 6) is 0. The maximum absolute atomic E-state index is 5.88. The first kappa shape index (κ1) is 18.0. The van der Waals surface area contributed by atoms with Crippen LogP contribution in [-0.2, 0) is 4.74 Å². The van der Waals surface area contributed by atoms with Crippen LogP contribution in [0.3, 0.4) is 0 Å². The minimum absolute atomic E-state index is 0.584. The van der Waals surface area contributed by atoms with Crippen molar-refractivity contribution in [2.45, 2.75) is 16.3 Å². The normalized spacial score (nSPS) is 10.3. The number of hydrogen-bond acceptors (Lipinski definition) is 4. The number of ether oxygens (including phenoxy) is 1. The van der Waals surface area contributed by atoms with Crippen LogP contribution in [0.1, 0.15) is 6.42 Å². The lowest BCUT2D eigenvalue weighted by molar-refractivity contribution is 0.196. The van der Waals surface area contributed by atoms with E-state index in [9.17, 15) is 0 Å². The van der Waals surface area contributed by atoms with E-state index in [-0.39, 0.29) is 0 Å². The second kappa shape index (κ2) is 9.72. The molecule has 122 valence electrons. The Morgan fingerprint density at radius 3 is 2.70 bits per heavy atom. The molecular weight excluding hydrogens is 350 g/mol. The lowest BCUT2D eigenvalue weighted by atomic mass is 10.4. The second-order valence-electron chi connectivity index (χ2n) is 4.67. The summed E-state index contributed by atoms with van der Waals surface area (Å²) in [5, 5.41) is 8.46. The molecule has 0 aliphatic rings. The molecule has 0 saturated heterocycles. The highest BCUT2D eigenvalue weighted by Gasteiger charge is 2.01. The lowest BCUT2D eigenvalue weighted by Gasteiger charge is -2.10. The van der Waals surface area contributed by atoms with Crippen LogP contribution in [0.4, 0.5) is 5.69 Å². The summed E-state index contributed by atoms with van der Waals surface area (Å²) < 4.78 is 4.99. The van der Waals surface area contributed by atoms with Crippen LogP contribution < -0.4 is 10.6 Å². The summed E-state index contributed by atoms with van der Waals surface area (Å²) in [7, 11) is 1.69. The van der Waals surface area contributed by atoms with E-state index in [0.29, 0.717) is 11.7 Å². The van der Waals surface area contributed by atoms with Gasteiger partial charge in [0.25, 0.3) is 0 Å². The zero-order valence-electron chi connectivity index (χ0n) is 12.7. The van der Waals surface area contributed by atoms with E-state index in [1.165, 1.54) is 0 Å². The van der Waals surface area contributed by atoms with Gasteiger partial charge in [0, 0.05) is 30.2 Å². The molecule has 0 atom stereocenters. The van der Waals surface area contributed by atoms with Gasteiger partial charge in [0.1, 0.15) is 5.03 Å². The van der Waals surface area contributed by atoms with E-state index in [4.69, 9.17) is 28.6 Å². The Hall–Kier alpha value is -1.34. The van der Waals surface area contributed by atoms with Gasteiger partial charge in [-0.2, -0.15) is 0 Å². The quantitative estimate of drug-likeness (QED) is 0.564. The van der Waals surface area contributed by atoms with Crippen LogP contribution in [0.15, 0.2) is 52.5 Å². The van der Waals surface area contributed by atoms with E-state index < -0.39 is 0 Å². The number of nitrogens with zero attached hydrogens (tertiary/aromatic N) is 1. The second-order valence-corrected chi connectivity index (χ2v) is 6.61. The average molecular weight is 368 g/mol. The maximum Gasteiger partial charge on any atom is 0.170 e. The van der Waals surface area contributed by atoms with Gasteiger partial charge in [-0.1, -0.05) is 23.4 Å². The minimum Gasteiger partial charge on any atom is -0.385 e. The van der Waals surface area contributed by atoms with Crippen LogP contribution in [-0.4, -0.2) is 30.4 Å². The summed E-state index contributed by atoms with van der Waals surface area (Å²) >= 11 is 12.7. The standard InChI is InChI=1S/C16H18ClN3OS2/c1-21-10-2-9-18-16(22)20-13-5-8-15(19-11-13)23-14-6-3-12(17)4-7-14/h3-8,11H,2,9-10H2,1H3,(H2,18,20,22). The summed E-state index contributed by atoms with van der Waals surface area (Å²) in [6.07, 6.45) is 2.68. The monoisotopic (exact) mass is 367 g/mol. The highest BCUT2D eigenvalue weighted by Crippen LogP contribution is 2.27. The van der Waals surface area contributed by atoms with Gasteiger partial charge in [0.2, 0.25) is 0 Å². The van der Waals surface area contributed by atoms with E-state index >= 15 is 0 Å². The Labute approximate surface area is 151 Å². The Morgan fingerprint density at radius 1 is 1.26 bits per heavy atom. The van der Waals surface area contributed by atoms with Gasteiger partial charge in [0.05, 0.1) is 11.9 Å². The zero-order valence-corrected chi connectivity index (χ0v) is 15.1.